The molecule has 2 amide bonds. The quantitative estimate of drug-likeness (QED) is 0.760. The number of likely N-dealkylation sites (N-methyl/N-ethyl adjacent to an activating group) is 1. The maximum Gasteiger partial charge on any atom is 0.227 e. The molecule has 0 saturated carbocycles. The lowest BCUT2D eigenvalue weighted by Crippen LogP contribution is -2.44. The highest BCUT2D eigenvalue weighted by Gasteiger charge is 2.36. The number of benzene rings is 1. The molecule has 0 aromatic heterocycles. The highest BCUT2D eigenvalue weighted by molar-refractivity contribution is 5.89. The van der Waals surface area contributed by atoms with Crippen LogP contribution in [-0.2, 0) is 14.3 Å². The van der Waals surface area contributed by atoms with E-state index in [1.165, 1.54) is 0 Å². The van der Waals surface area contributed by atoms with Gasteiger partial charge < -0.3 is 24.0 Å². The molecule has 0 N–H and O–H groups in total. The SMILES string of the molecule is COCCN1C[C@H](C(=O)N(C)C[C@@H]2COc3ccccc3O2)CC1=O. The summed E-state index contributed by atoms with van der Waals surface area (Å²) in [6.45, 7) is 2.29. The van der Waals surface area contributed by atoms with E-state index in [9.17, 15) is 9.59 Å². The molecule has 1 fully saturated rings. The van der Waals surface area contributed by atoms with Gasteiger partial charge in [0, 0.05) is 33.7 Å². The number of ether oxygens (including phenoxy) is 3. The lowest BCUT2D eigenvalue weighted by Gasteiger charge is -2.30. The lowest BCUT2D eigenvalue weighted by molar-refractivity contribution is -0.135. The Morgan fingerprint density at radius 1 is 1.36 bits per heavy atom. The molecule has 0 radical (unpaired) electrons. The molecular weight excluding hydrogens is 324 g/mol. The number of nitrogens with zero attached hydrogens (tertiary/aromatic N) is 2. The third-order valence-electron chi connectivity index (χ3n) is 4.55. The summed E-state index contributed by atoms with van der Waals surface area (Å²) in [5.74, 6) is 1.10. The van der Waals surface area contributed by atoms with Crippen molar-refractivity contribution in [1.29, 1.82) is 0 Å². The van der Waals surface area contributed by atoms with Crippen LogP contribution < -0.4 is 9.47 Å². The summed E-state index contributed by atoms with van der Waals surface area (Å²) in [7, 11) is 3.34. The highest BCUT2D eigenvalue weighted by Crippen LogP contribution is 2.31. The van der Waals surface area contributed by atoms with Gasteiger partial charge >= 0.3 is 0 Å². The predicted molar refractivity (Wildman–Crippen MR) is 90.6 cm³/mol. The van der Waals surface area contributed by atoms with Gasteiger partial charge in [-0.3, -0.25) is 9.59 Å². The maximum absolute atomic E-state index is 12.6. The smallest absolute Gasteiger partial charge is 0.227 e. The van der Waals surface area contributed by atoms with E-state index in [0.29, 0.717) is 38.6 Å². The Morgan fingerprint density at radius 2 is 2.12 bits per heavy atom. The summed E-state index contributed by atoms with van der Waals surface area (Å²) >= 11 is 0. The Labute approximate surface area is 147 Å². The third kappa shape index (κ3) is 4.04. The van der Waals surface area contributed by atoms with Crippen LogP contribution >= 0.6 is 0 Å². The van der Waals surface area contributed by atoms with Crippen molar-refractivity contribution in [2.24, 2.45) is 5.92 Å². The van der Waals surface area contributed by atoms with Crippen molar-refractivity contribution in [3.05, 3.63) is 24.3 Å². The van der Waals surface area contributed by atoms with Crippen LogP contribution in [0, 0.1) is 5.92 Å². The highest BCUT2D eigenvalue weighted by atomic mass is 16.6. The van der Waals surface area contributed by atoms with E-state index in [0.717, 1.165) is 5.75 Å². The van der Waals surface area contributed by atoms with Gasteiger partial charge in [-0.1, -0.05) is 12.1 Å². The average Bonchev–Trinajstić information content (AvgIpc) is 2.99. The van der Waals surface area contributed by atoms with Gasteiger partial charge in [-0.25, -0.2) is 0 Å². The Morgan fingerprint density at radius 3 is 2.88 bits per heavy atom. The van der Waals surface area contributed by atoms with Crippen LogP contribution in [0.1, 0.15) is 6.42 Å². The number of likely N-dealkylation sites (tertiary alicyclic amines) is 1. The molecule has 136 valence electrons. The van der Waals surface area contributed by atoms with E-state index in [1.807, 2.05) is 24.3 Å². The van der Waals surface area contributed by atoms with Crippen LogP contribution in [-0.4, -0.2) is 74.7 Å². The van der Waals surface area contributed by atoms with Gasteiger partial charge in [0.1, 0.15) is 6.61 Å². The standard InChI is InChI=1S/C18H24N2O5/c1-19(11-14-12-24-15-5-3-4-6-16(15)25-14)18(22)13-9-17(21)20(10-13)7-8-23-2/h3-6,13-14H,7-12H2,1-2H3/t13-,14-/m1/s1. The zero-order valence-corrected chi connectivity index (χ0v) is 14.6. The van der Waals surface area contributed by atoms with Crippen LogP contribution in [0.25, 0.3) is 0 Å². The first kappa shape index (κ1) is 17.5. The number of para-hydroxylation sites is 2. The van der Waals surface area contributed by atoms with Crippen molar-refractivity contribution in [3.63, 3.8) is 0 Å². The maximum atomic E-state index is 12.6. The van der Waals surface area contributed by atoms with Crippen LogP contribution in [0.15, 0.2) is 24.3 Å². The van der Waals surface area contributed by atoms with Crippen LogP contribution in [0.2, 0.25) is 0 Å². The predicted octanol–water partition coefficient (Wildman–Crippen LogP) is 0.780. The number of carbonyl (C=O) groups excluding carboxylic acids is 2. The first-order chi connectivity index (χ1) is 12.1. The molecule has 1 aromatic carbocycles. The second-order valence-corrected chi connectivity index (χ2v) is 6.45. The van der Waals surface area contributed by atoms with Gasteiger partial charge in [0.2, 0.25) is 11.8 Å². The second-order valence-electron chi connectivity index (χ2n) is 6.45. The molecule has 2 aliphatic heterocycles. The minimum absolute atomic E-state index is 0.00924. The van der Waals surface area contributed by atoms with Crippen molar-refractivity contribution >= 4 is 11.8 Å². The average molecular weight is 348 g/mol. The Hall–Kier alpha value is -2.28. The minimum atomic E-state index is -0.300. The van der Waals surface area contributed by atoms with Gasteiger partial charge in [0.15, 0.2) is 17.6 Å². The molecule has 2 aliphatic rings. The Balaban J connectivity index is 1.53. The molecule has 7 heteroatoms. The number of carbonyl (C=O) groups is 2. The summed E-state index contributed by atoms with van der Waals surface area (Å²) in [4.78, 5) is 28.0. The minimum Gasteiger partial charge on any atom is -0.486 e. The van der Waals surface area contributed by atoms with Crippen LogP contribution in [0.4, 0.5) is 0 Å². The summed E-state index contributed by atoms with van der Waals surface area (Å²) in [6, 6.07) is 7.49. The van der Waals surface area contributed by atoms with Crippen LogP contribution in [0.5, 0.6) is 11.5 Å². The van der Waals surface area contributed by atoms with Crippen LogP contribution in [0.3, 0.4) is 0 Å². The van der Waals surface area contributed by atoms with E-state index in [-0.39, 0.29) is 30.3 Å². The van der Waals surface area contributed by atoms with Gasteiger partial charge in [0.05, 0.1) is 19.1 Å². The number of rotatable bonds is 6. The monoisotopic (exact) mass is 348 g/mol. The molecular formula is C18H24N2O5. The normalized spacial score (nSPS) is 22.2. The molecule has 0 bridgehead atoms. The zero-order valence-electron chi connectivity index (χ0n) is 14.6. The van der Waals surface area contributed by atoms with Crippen molar-refractivity contribution in [2.75, 3.05) is 47.0 Å². The van der Waals surface area contributed by atoms with Crippen molar-refractivity contribution in [2.45, 2.75) is 12.5 Å². The van der Waals surface area contributed by atoms with Crippen molar-refractivity contribution in [3.8, 4) is 11.5 Å². The van der Waals surface area contributed by atoms with Gasteiger partial charge in [-0.2, -0.15) is 0 Å². The fourth-order valence-electron chi connectivity index (χ4n) is 3.22. The topological polar surface area (TPSA) is 68.3 Å². The molecule has 7 nitrogen and oxygen atoms in total. The molecule has 2 atom stereocenters. The van der Waals surface area contributed by atoms with Crippen molar-refractivity contribution in [1.82, 2.24) is 9.80 Å². The zero-order chi connectivity index (χ0) is 17.8. The molecule has 3 rings (SSSR count). The largest absolute Gasteiger partial charge is 0.486 e. The summed E-state index contributed by atoms with van der Waals surface area (Å²) in [5, 5.41) is 0. The van der Waals surface area contributed by atoms with E-state index < -0.39 is 0 Å². The summed E-state index contributed by atoms with van der Waals surface area (Å²) in [5.41, 5.74) is 0. The van der Waals surface area contributed by atoms with Crippen molar-refractivity contribution < 1.29 is 23.8 Å². The van der Waals surface area contributed by atoms with E-state index in [4.69, 9.17) is 14.2 Å². The molecule has 0 unspecified atom stereocenters. The first-order valence-electron chi connectivity index (χ1n) is 8.48. The Kier molecular flexibility index (Phi) is 5.43. The first-order valence-corrected chi connectivity index (χ1v) is 8.48. The van der Waals surface area contributed by atoms with E-state index in [2.05, 4.69) is 0 Å². The fraction of sp³-hybridized carbons (Fsp3) is 0.556. The molecule has 0 spiro atoms. The number of amides is 2. The summed E-state index contributed by atoms with van der Waals surface area (Å²) in [6.07, 6.45) is 0.0446. The van der Waals surface area contributed by atoms with Gasteiger partial charge in [-0.15, -0.1) is 0 Å². The van der Waals surface area contributed by atoms with Gasteiger partial charge in [0.25, 0.3) is 0 Å². The van der Waals surface area contributed by atoms with Gasteiger partial charge in [-0.05, 0) is 12.1 Å². The molecule has 2 heterocycles. The number of hydrogen-bond donors (Lipinski definition) is 0. The fourth-order valence-corrected chi connectivity index (χ4v) is 3.22. The van der Waals surface area contributed by atoms with E-state index in [1.54, 1.807) is 24.0 Å². The Bertz CT molecular complexity index is 636. The summed E-state index contributed by atoms with van der Waals surface area (Å²) < 4.78 is 16.6. The van der Waals surface area contributed by atoms with E-state index >= 15 is 0 Å². The third-order valence-corrected chi connectivity index (χ3v) is 4.55. The molecule has 1 saturated heterocycles. The number of fused-ring (bicyclic) bond motifs is 1. The molecule has 1 aromatic rings. The lowest BCUT2D eigenvalue weighted by atomic mass is 10.1. The molecule has 25 heavy (non-hydrogen) atoms. The molecule has 0 aliphatic carbocycles. The number of methoxy groups -OCH3 is 1. The number of hydrogen-bond acceptors (Lipinski definition) is 5. The second kappa shape index (κ2) is 7.74.